The number of aliphatic hydroxyl groups excluding tert-OH is 1. The third-order valence-corrected chi connectivity index (χ3v) is 2.74. The van der Waals surface area contributed by atoms with Crippen LogP contribution in [0.15, 0.2) is 11.5 Å². The molecule has 0 unspecified atom stereocenters. The molecule has 3 heteroatoms. The van der Waals surface area contributed by atoms with Crippen LogP contribution in [0.2, 0.25) is 0 Å². The molecular weight excluding hydrogens is 200 g/mol. The van der Waals surface area contributed by atoms with Gasteiger partial charge in [-0.3, -0.25) is 0 Å². The fourth-order valence-electron chi connectivity index (χ4n) is 1.66. The third-order valence-electron chi connectivity index (χ3n) is 2.74. The first kappa shape index (κ1) is 15.0. The summed E-state index contributed by atoms with van der Waals surface area (Å²) in [5, 5.41) is 18.5. The van der Waals surface area contributed by atoms with E-state index in [-0.39, 0.29) is 5.76 Å². The van der Waals surface area contributed by atoms with Gasteiger partial charge in [-0.15, -0.1) is 0 Å². The molecule has 0 aromatic heterocycles. The van der Waals surface area contributed by atoms with Crippen molar-refractivity contribution in [1.29, 1.82) is 5.39 Å². The van der Waals surface area contributed by atoms with Crippen molar-refractivity contribution in [2.75, 3.05) is 0 Å². The number of hydrogen-bond acceptors (Lipinski definition) is 2. The normalized spacial score (nSPS) is 12.1. The standard InChI is InChI=1S/C13H24N2O/c1-3-5-7-9-11-13(16)12(15-14)10-8-6-4-2/h3-11H2,1-2H3/p+1/b13-12-. The molecule has 0 fully saturated rings. The van der Waals surface area contributed by atoms with Crippen molar-refractivity contribution in [3.05, 3.63) is 16.4 Å². The number of unbranched alkanes of at least 4 members (excludes halogenated alkanes) is 5. The van der Waals surface area contributed by atoms with Gasteiger partial charge in [0.1, 0.15) is 0 Å². The molecule has 0 aliphatic carbocycles. The highest BCUT2D eigenvalue weighted by molar-refractivity contribution is 5.13. The van der Waals surface area contributed by atoms with Crippen LogP contribution in [0.3, 0.4) is 0 Å². The summed E-state index contributed by atoms with van der Waals surface area (Å²) in [6, 6.07) is 0. The molecule has 3 nitrogen and oxygen atoms in total. The zero-order valence-electron chi connectivity index (χ0n) is 10.7. The van der Waals surface area contributed by atoms with E-state index in [1.54, 1.807) is 0 Å². The number of aliphatic hydroxyl groups is 1. The second kappa shape index (κ2) is 10.5. The molecule has 0 spiro atoms. The number of allylic oxidation sites excluding steroid dienone is 2. The molecule has 0 atom stereocenters. The van der Waals surface area contributed by atoms with Crippen LogP contribution in [0.5, 0.6) is 0 Å². The van der Waals surface area contributed by atoms with Gasteiger partial charge in [-0.05, 0) is 12.8 Å². The van der Waals surface area contributed by atoms with Gasteiger partial charge in [0.15, 0.2) is 10.7 Å². The number of hydrogen-bond donors (Lipinski definition) is 1. The average molecular weight is 225 g/mol. The van der Waals surface area contributed by atoms with Crippen LogP contribution in [-0.2, 0) is 0 Å². The van der Waals surface area contributed by atoms with E-state index in [0.29, 0.717) is 18.5 Å². The molecule has 0 saturated carbocycles. The monoisotopic (exact) mass is 225 g/mol. The van der Waals surface area contributed by atoms with E-state index in [2.05, 4.69) is 18.8 Å². The Bertz CT molecular complexity index is 241. The number of nitrogens with zero attached hydrogens (tertiary/aromatic N) is 2. The Balaban J connectivity index is 3.92. The van der Waals surface area contributed by atoms with E-state index in [1.807, 2.05) is 0 Å². The zero-order valence-corrected chi connectivity index (χ0v) is 10.7. The number of diazo groups is 1. The molecule has 0 aromatic rings. The predicted octanol–water partition coefficient (Wildman–Crippen LogP) is 5.16. The fourth-order valence-corrected chi connectivity index (χ4v) is 1.66. The summed E-state index contributed by atoms with van der Waals surface area (Å²) in [4.78, 5) is 3.19. The van der Waals surface area contributed by atoms with Gasteiger partial charge in [-0.2, -0.15) is 0 Å². The van der Waals surface area contributed by atoms with E-state index < -0.39 is 0 Å². The summed E-state index contributed by atoms with van der Waals surface area (Å²) < 4.78 is 0. The molecule has 0 aliphatic heterocycles. The Hall–Kier alpha value is -1.04. The van der Waals surface area contributed by atoms with E-state index in [9.17, 15) is 5.11 Å². The van der Waals surface area contributed by atoms with Crippen molar-refractivity contribution in [1.82, 2.24) is 0 Å². The van der Waals surface area contributed by atoms with Gasteiger partial charge in [0.25, 0.3) is 0 Å². The van der Waals surface area contributed by atoms with Crippen LogP contribution in [0.1, 0.15) is 71.6 Å². The Morgan fingerprint density at radius 3 is 2.06 bits per heavy atom. The third kappa shape index (κ3) is 7.28. The highest BCUT2D eigenvalue weighted by Gasteiger charge is 2.17. The lowest BCUT2D eigenvalue weighted by Gasteiger charge is -1.98. The topological polar surface area (TPSA) is 48.4 Å². The van der Waals surface area contributed by atoms with Gasteiger partial charge in [-0.25, -0.2) is 0 Å². The van der Waals surface area contributed by atoms with Crippen LogP contribution < -0.4 is 0 Å². The summed E-state index contributed by atoms with van der Waals surface area (Å²) >= 11 is 0. The molecule has 0 rings (SSSR count). The lowest BCUT2D eigenvalue weighted by molar-refractivity contribution is 0.372. The van der Waals surface area contributed by atoms with E-state index in [0.717, 1.165) is 32.1 Å². The smallest absolute Gasteiger partial charge is 0.398 e. The van der Waals surface area contributed by atoms with Gasteiger partial charge in [0.2, 0.25) is 5.39 Å². The van der Waals surface area contributed by atoms with Crippen molar-refractivity contribution in [2.24, 2.45) is 0 Å². The summed E-state index contributed by atoms with van der Waals surface area (Å²) in [6.45, 7) is 4.29. The maximum Gasteiger partial charge on any atom is 0.398 e. The largest absolute Gasteiger partial charge is 0.505 e. The van der Waals surface area contributed by atoms with Crippen molar-refractivity contribution in [3.63, 3.8) is 0 Å². The minimum atomic E-state index is 0.273. The summed E-state index contributed by atoms with van der Waals surface area (Å²) in [7, 11) is 0. The Labute approximate surface area is 99.2 Å². The van der Waals surface area contributed by atoms with Crippen LogP contribution in [-0.4, -0.2) is 5.11 Å². The molecule has 1 N–H and O–H groups in total. The molecule has 92 valence electrons. The molecule has 0 heterocycles. The summed E-state index contributed by atoms with van der Waals surface area (Å²) in [5.41, 5.74) is 0.477. The van der Waals surface area contributed by atoms with Crippen molar-refractivity contribution in [3.8, 4) is 0 Å². The lowest BCUT2D eigenvalue weighted by atomic mass is 10.1. The van der Waals surface area contributed by atoms with E-state index in [4.69, 9.17) is 5.39 Å². The van der Waals surface area contributed by atoms with Crippen LogP contribution in [0, 0.1) is 5.39 Å². The van der Waals surface area contributed by atoms with Crippen molar-refractivity contribution in [2.45, 2.75) is 71.6 Å². The molecule has 0 aromatic carbocycles. The minimum absolute atomic E-state index is 0.273. The van der Waals surface area contributed by atoms with Crippen molar-refractivity contribution >= 4 is 0 Å². The maximum atomic E-state index is 9.73. The van der Waals surface area contributed by atoms with E-state index in [1.165, 1.54) is 12.8 Å². The summed E-state index contributed by atoms with van der Waals surface area (Å²) in [5.74, 6) is 0.273. The minimum Gasteiger partial charge on any atom is -0.505 e. The Morgan fingerprint density at radius 1 is 0.938 bits per heavy atom. The number of rotatable bonds is 9. The lowest BCUT2D eigenvalue weighted by Crippen LogP contribution is -1.90. The fraction of sp³-hybridized carbons (Fsp3) is 0.846. The first-order valence-corrected chi connectivity index (χ1v) is 6.52. The van der Waals surface area contributed by atoms with Crippen molar-refractivity contribution < 1.29 is 5.11 Å². The molecule has 16 heavy (non-hydrogen) atoms. The first-order chi connectivity index (χ1) is 7.76. The quantitative estimate of drug-likeness (QED) is 0.335. The van der Waals surface area contributed by atoms with Gasteiger partial charge in [0.05, 0.1) is 6.42 Å². The van der Waals surface area contributed by atoms with Crippen LogP contribution in [0.4, 0.5) is 0 Å². The molecular formula is C13H25N2O+. The second-order valence-corrected chi connectivity index (χ2v) is 4.26. The highest BCUT2D eigenvalue weighted by atomic mass is 16.3. The molecule has 0 bridgehead atoms. The Kier molecular flexibility index (Phi) is 9.80. The average Bonchev–Trinajstić information content (AvgIpc) is 2.30. The predicted molar refractivity (Wildman–Crippen MR) is 67.6 cm³/mol. The zero-order chi connectivity index (χ0) is 12.2. The first-order valence-electron chi connectivity index (χ1n) is 6.52. The van der Waals surface area contributed by atoms with Gasteiger partial charge in [-0.1, -0.05) is 46.0 Å². The molecule has 0 aliphatic rings. The SMILES string of the molecule is CCCCCC/C(O)=C(\CCCCC)[N+]#N. The van der Waals surface area contributed by atoms with E-state index >= 15 is 0 Å². The second-order valence-electron chi connectivity index (χ2n) is 4.26. The van der Waals surface area contributed by atoms with Crippen LogP contribution in [0.25, 0.3) is 4.98 Å². The Morgan fingerprint density at radius 2 is 1.50 bits per heavy atom. The van der Waals surface area contributed by atoms with Gasteiger partial charge >= 0.3 is 5.70 Å². The molecule has 0 amide bonds. The highest BCUT2D eigenvalue weighted by Crippen LogP contribution is 2.18. The molecule has 0 saturated heterocycles. The van der Waals surface area contributed by atoms with Gasteiger partial charge in [0, 0.05) is 6.42 Å². The van der Waals surface area contributed by atoms with Gasteiger partial charge < -0.3 is 5.11 Å². The van der Waals surface area contributed by atoms with Crippen LogP contribution >= 0.6 is 0 Å². The summed E-state index contributed by atoms with van der Waals surface area (Å²) in [6.07, 6.45) is 9.07. The molecule has 0 radical (unpaired) electrons. The maximum absolute atomic E-state index is 9.73.